The minimum atomic E-state index is -2.09. The fraction of sp³-hybridized carbons (Fsp3) is 0.667. The number of carbonyl (C=O) groups is 2. The Morgan fingerprint density at radius 3 is 2.17 bits per heavy atom. The molecule has 0 heterocycles. The van der Waals surface area contributed by atoms with Crippen LogP contribution >= 0.6 is 0 Å². The Bertz CT molecular complexity index is 200. The highest BCUT2D eigenvalue weighted by Gasteiger charge is 2.34. The van der Waals surface area contributed by atoms with Gasteiger partial charge in [-0.1, -0.05) is 0 Å². The van der Waals surface area contributed by atoms with Crippen LogP contribution in [0, 0.1) is 0 Å². The van der Waals surface area contributed by atoms with E-state index in [9.17, 15) is 9.59 Å². The number of rotatable bonds is 4. The van der Waals surface area contributed by atoms with Crippen LogP contribution in [-0.4, -0.2) is 38.9 Å². The molecule has 5 N–H and O–H groups in total. The van der Waals surface area contributed by atoms with Gasteiger partial charge in [0.2, 0.25) is 0 Å². The first-order valence-electron chi connectivity index (χ1n) is 3.21. The van der Waals surface area contributed by atoms with Gasteiger partial charge >= 0.3 is 11.9 Å². The van der Waals surface area contributed by atoms with Crippen molar-refractivity contribution in [1.29, 1.82) is 0 Å². The van der Waals surface area contributed by atoms with Gasteiger partial charge in [0.15, 0.2) is 5.60 Å². The maximum Gasteiger partial charge on any atom is 0.335 e. The van der Waals surface area contributed by atoms with Crippen molar-refractivity contribution in [1.82, 2.24) is 0 Å². The zero-order chi connectivity index (χ0) is 9.94. The average Bonchev–Trinajstić information content (AvgIpc) is 1.85. The third kappa shape index (κ3) is 2.85. The van der Waals surface area contributed by atoms with Gasteiger partial charge in [-0.25, -0.2) is 4.79 Å². The summed E-state index contributed by atoms with van der Waals surface area (Å²) in [5.74, 6) is -2.82. The first kappa shape index (κ1) is 10.9. The highest BCUT2D eigenvalue weighted by molar-refractivity contribution is 5.79. The first-order valence-corrected chi connectivity index (χ1v) is 3.21. The minimum Gasteiger partial charge on any atom is -0.480 e. The largest absolute Gasteiger partial charge is 0.480 e. The van der Waals surface area contributed by atoms with Gasteiger partial charge in [-0.2, -0.15) is 0 Å². The smallest absolute Gasteiger partial charge is 0.335 e. The molecule has 2 atom stereocenters. The summed E-state index contributed by atoms with van der Waals surface area (Å²) >= 11 is 0. The third-order valence-electron chi connectivity index (χ3n) is 1.40. The Balaban J connectivity index is 4.24. The molecule has 0 saturated carbocycles. The monoisotopic (exact) mass is 177 g/mol. The highest BCUT2D eigenvalue weighted by atomic mass is 16.4. The van der Waals surface area contributed by atoms with Crippen LogP contribution in [0.3, 0.4) is 0 Å². The van der Waals surface area contributed by atoms with E-state index < -0.39 is 30.0 Å². The molecule has 0 aliphatic rings. The summed E-state index contributed by atoms with van der Waals surface area (Å²) in [4.78, 5) is 20.5. The van der Waals surface area contributed by atoms with Gasteiger partial charge in [-0.05, 0) is 6.92 Å². The van der Waals surface area contributed by atoms with Gasteiger partial charge in [0.25, 0.3) is 0 Å². The number of carboxylic acids is 2. The molecule has 6 nitrogen and oxygen atoms in total. The summed E-state index contributed by atoms with van der Waals surface area (Å²) in [5, 5.41) is 25.7. The van der Waals surface area contributed by atoms with Crippen LogP contribution in [0.1, 0.15) is 13.3 Å². The molecule has 70 valence electrons. The molecule has 12 heavy (non-hydrogen) atoms. The van der Waals surface area contributed by atoms with Gasteiger partial charge in [0, 0.05) is 6.42 Å². The lowest BCUT2D eigenvalue weighted by molar-refractivity contribution is -0.158. The van der Waals surface area contributed by atoms with Gasteiger partial charge in [0.1, 0.15) is 6.04 Å². The van der Waals surface area contributed by atoms with E-state index in [1.807, 2.05) is 0 Å². The maximum absolute atomic E-state index is 10.3. The minimum absolute atomic E-state index is 0.516. The van der Waals surface area contributed by atoms with Gasteiger partial charge in [0.05, 0.1) is 0 Å². The van der Waals surface area contributed by atoms with Crippen LogP contribution in [0.5, 0.6) is 0 Å². The van der Waals surface area contributed by atoms with Crippen LogP contribution < -0.4 is 5.73 Å². The van der Waals surface area contributed by atoms with Crippen LogP contribution in [0.25, 0.3) is 0 Å². The number of nitrogens with two attached hydrogens (primary N) is 1. The number of aliphatic carboxylic acids is 2. The molecular weight excluding hydrogens is 166 g/mol. The Labute approximate surface area is 68.6 Å². The van der Waals surface area contributed by atoms with Crippen LogP contribution in [0.4, 0.5) is 0 Å². The zero-order valence-electron chi connectivity index (χ0n) is 6.52. The Morgan fingerprint density at radius 1 is 1.50 bits per heavy atom. The number of hydrogen-bond acceptors (Lipinski definition) is 4. The standard InChI is InChI=1S/C6H11NO5/c1-6(12,5(10)11)2-3(7)4(8)9/h3,12H,2,7H2,1H3,(H,8,9)(H,10,11)/t3-,6+/m1/s1. The number of carboxylic acid groups (broad SMARTS) is 2. The first-order chi connectivity index (χ1) is 5.27. The zero-order valence-corrected chi connectivity index (χ0v) is 6.52. The molecule has 0 aromatic rings. The molecule has 0 aromatic carbocycles. The average molecular weight is 177 g/mol. The van der Waals surface area contributed by atoms with E-state index in [2.05, 4.69) is 0 Å². The summed E-state index contributed by atoms with van der Waals surface area (Å²) in [7, 11) is 0. The second kappa shape index (κ2) is 3.51. The molecule has 6 heteroatoms. The molecule has 0 bridgehead atoms. The predicted octanol–water partition coefficient (Wildman–Crippen LogP) is -1.38. The molecule has 0 unspecified atom stereocenters. The summed E-state index contributed by atoms with van der Waals surface area (Å²) in [6.45, 7) is 0.998. The van der Waals surface area contributed by atoms with Crippen molar-refractivity contribution < 1.29 is 24.9 Å². The molecule has 0 radical (unpaired) electrons. The van der Waals surface area contributed by atoms with Crippen LogP contribution in [0.2, 0.25) is 0 Å². The molecule has 0 fully saturated rings. The lowest BCUT2D eigenvalue weighted by Crippen LogP contribution is -2.44. The maximum atomic E-state index is 10.3. The lowest BCUT2D eigenvalue weighted by Gasteiger charge is -2.19. The Kier molecular flexibility index (Phi) is 3.17. The van der Waals surface area contributed by atoms with Crippen molar-refractivity contribution in [2.45, 2.75) is 25.0 Å². The fourth-order valence-electron chi connectivity index (χ4n) is 0.603. The molecule has 0 saturated heterocycles. The summed E-state index contributed by atoms with van der Waals surface area (Å²) in [6, 6.07) is -1.36. The second-order valence-corrected chi connectivity index (χ2v) is 2.73. The van der Waals surface area contributed by atoms with Gasteiger partial charge in [-0.15, -0.1) is 0 Å². The van der Waals surface area contributed by atoms with E-state index in [1.165, 1.54) is 0 Å². The van der Waals surface area contributed by atoms with Crippen molar-refractivity contribution in [3.05, 3.63) is 0 Å². The normalized spacial score (nSPS) is 17.9. The summed E-state index contributed by atoms with van der Waals surface area (Å²) < 4.78 is 0. The Morgan fingerprint density at radius 2 is 1.92 bits per heavy atom. The predicted molar refractivity (Wildman–Crippen MR) is 38.5 cm³/mol. The van der Waals surface area contributed by atoms with Crippen molar-refractivity contribution in [2.75, 3.05) is 0 Å². The highest BCUT2D eigenvalue weighted by Crippen LogP contribution is 2.11. The van der Waals surface area contributed by atoms with E-state index in [4.69, 9.17) is 21.1 Å². The Hall–Kier alpha value is -1.14. The fourth-order valence-corrected chi connectivity index (χ4v) is 0.603. The lowest BCUT2D eigenvalue weighted by atomic mass is 9.98. The molecule has 0 aliphatic heterocycles. The van der Waals surface area contributed by atoms with Crippen molar-refractivity contribution >= 4 is 11.9 Å². The second-order valence-electron chi connectivity index (χ2n) is 2.73. The number of hydrogen-bond donors (Lipinski definition) is 4. The summed E-state index contributed by atoms with van der Waals surface area (Å²) in [5.41, 5.74) is 2.93. The van der Waals surface area contributed by atoms with E-state index >= 15 is 0 Å². The van der Waals surface area contributed by atoms with E-state index in [1.54, 1.807) is 0 Å². The van der Waals surface area contributed by atoms with Crippen molar-refractivity contribution in [3.8, 4) is 0 Å². The molecule has 0 rings (SSSR count). The van der Waals surface area contributed by atoms with Crippen LogP contribution in [-0.2, 0) is 9.59 Å². The van der Waals surface area contributed by atoms with Gasteiger partial charge in [-0.3, -0.25) is 4.79 Å². The van der Waals surface area contributed by atoms with Crippen molar-refractivity contribution in [2.24, 2.45) is 5.73 Å². The molecule has 0 amide bonds. The number of aliphatic hydroxyl groups is 1. The van der Waals surface area contributed by atoms with E-state index in [0.29, 0.717) is 0 Å². The molecular formula is C6H11NO5. The van der Waals surface area contributed by atoms with Crippen LogP contribution in [0.15, 0.2) is 0 Å². The quantitative estimate of drug-likeness (QED) is 0.420. The molecule has 0 spiro atoms. The molecule has 0 aliphatic carbocycles. The SMILES string of the molecule is C[C@](O)(C[C@@H](N)C(=O)O)C(=O)O. The topological polar surface area (TPSA) is 121 Å². The molecule has 0 aromatic heterocycles. The summed E-state index contributed by atoms with van der Waals surface area (Å²) in [6.07, 6.45) is -0.516. The van der Waals surface area contributed by atoms with E-state index in [-0.39, 0.29) is 0 Å². The third-order valence-corrected chi connectivity index (χ3v) is 1.40. The van der Waals surface area contributed by atoms with Gasteiger partial charge < -0.3 is 21.1 Å². The van der Waals surface area contributed by atoms with E-state index in [0.717, 1.165) is 6.92 Å². The van der Waals surface area contributed by atoms with Crippen molar-refractivity contribution in [3.63, 3.8) is 0 Å².